The van der Waals surface area contributed by atoms with Gasteiger partial charge in [-0.3, -0.25) is 0 Å². The number of hydrogen-bond acceptors (Lipinski definition) is 3. The topological polar surface area (TPSA) is 72.5 Å². The maximum Gasteiger partial charge on any atom is 0.130 e. The highest BCUT2D eigenvalue weighted by molar-refractivity contribution is 5.60. The second-order valence-corrected chi connectivity index (χ2v) is 5.13. The van der Waals surface area contributed by atoms with Crippen molar-refractivity contribution in [1.29, 1.82) is 0 Å². The van der Waals surface area contributed by atoms with Gasteiger partial charge in [0.25, 0.3) is 0 Å². The van der Waals surface area contributed by atoms with Gasteiger partial charge in [0.15, 0.2) is 0 Å². The molecule has 0 aromatic carbocycles. The smallest absolute Gasteiger partial charge is 0.130 e. The Morgan fingerprint density at radius 2 is 2.37 bits per heavy atom. The van der Waals surface area contributed by atoms with Gasteiger partial charge in [0, 0.05) is 5.56 Å². The Kier molecular flexibility index (Phi) is 2.38. The molecule has 0 saturated heterocycles. The molecule has 0 amide bonds. The Morgan fingerprint density at radius 1 is 1.58 bits per heavy atom. The number of nitrogens with zero attached hydrogens (tertiary/aromatic N) is 3. The monoisotopic (exact) mass is 255 g/mol. The summed E-state index contributed by atoms with van der Waals surface area (Å²) < 4.78 is 1.85. The van der Waals surface area contributed by atoms with E-state index in [4.69, 9.17) is 5.73 Å². The number of nitrogens with one attached hydrogen (secondary N) is 1. The zero-order chi connectivity index (χ0) is 13.6. The number of nitrogens with two attached hydrogens (primary N) is 1. The fraction of sp³-hybridized carbons (Fsp3) is 0.286. The highest BCUT2D eigenvalue weighted by Crippen LogP contribution is 2.28. The number of aromatic nitrogens is 4. The molecule has 1 unspecified atom stereocenters. The van der Waals surface area contributed by atoms with Crippen molar-refractivity contribution in [3.63, 3.8) is 0 Å². The van der Waals surface area contributed by atoms with Crippen molar-refractivity contribution in [2.24, 2.45) is 0 Å². The summed E-state index contributed by atoms with van der Waals surface area (Å²) in [6.07, 6.45) is 8.54. The highest BCUT2D eigenvalue weighted by atomic mass is 15.3. The normalized spacial score (nSPS) is 21.4. The molecule has 0 spiro atoms. The van der Waals surface area contributed by atoms with E-state index in [9.17, 15) is 0 Å². The fourth-order valence-electron chi connectivity index (χ4n) is 2.55. The van der Waals surface area contributed by atoms with E-state index in [1.807, 2.05) is 11.6 Å². The van der Waals surface area contributed by atoms with Crippen LogP contribution < -0.4 is 16.4 Å². The van der Waals surface area contributed by atoms with Crippen LogP contribution in [0.2, 0.25) is 0 Å². The number of imidazole rings is 1. The van der Waals surface area contributed by atoms with Crippen LogP contribution in [0.25, 0.3) is 18.2 Å². The first-order chi connectivity index (χ1) is 9.03. The van der Waals surface area contributed by atoms with Gasteiger partial charge in [0.2, 0.25) is 0 Å². The third-order valence-corrected chi connectivity index (χ3v) is 3.58. The Bertz CT molecular complexity index is 764. The van der Waals surface area contributed by atoms with E-state index in [1.165, 1.54) is 0 Å². The Morgan fingerprint density at radius 3 is 3.05 bits per heavy atom. The van der Waals surface area contributed by atoms with Crippen LogP contribution in [0.3, 0.4) is 0 Å². The van der Waals surface area contributed by atoms with Gasteiger partial charge in [-0.2, -0.15) is 5.10 Å². The lowest BCUT2D eigenvalue weighted by molar-refractivity contribution is 0.409. The molecule has 5 heteroatoms. The van der Waals surface area contributed by atoms with Gasteiger partial charge in [-0.1, -0.05) is 18.7 Å². The van der Waals surface area contributed by atoms with E-state index in [0.29, 0.717) is 5.82 Å². The predicted octanol–water partition coefficient (Wildman–Crippen LogP) is 0.520. The number of aromatic amines is 1. The number of anilines is 1. The third kappa shape index (κ3) is 1.69. The molecule has 1 aliphatic carbocycles. The molecular weight excluding hydrogens is 238 g/mol. The summed E-state index contributed by atoms with van der Waals surface area (Å²) in [4.78, 5) is 7.70. The summed E-state index contributed by atoms with van der Waals surface area (Å²) >= 11 is 0. The van der Waals surface area contributed by atoms with Crippen LogP contribution in [0.5, 0.6) is 0 Å². The van der Waals surface area contributed by atoms with Crippen molar-refractivity contribution in [2.45, 2.75) is 25.8 Å². The first-order valence-electron chi connectivity index (χ1n) is 6.25. The van der Waals surface area contributed by atoms with Crippen molar-refractivity contribution in [3.05, 3.63) is 34.9 Å². The van der Waals surface area contributed by atoms with Gasteiger partial charge in [-0.25, -0.2) is 9.67 Å². The number of rotatable bonds is 2. The first kappa shape index (κ1) is 11.8. The number of nitrogen functional groups attached to an aromatic ring is 1. The molecule has 0 aliphatic heterocycles. The zero-order valence-corrected chi connectivity index (χ0v) is 11.1. The molecule has 1 aliphatic rings. The molecule has 0 radical (unpaired) electrons. The number of H-pyrrole nitrogens is 1. The van der Waals surface area contributed by atoms with E-state index in [-0.39, 0.29) is 5.54 Å². The molecule has 19 heavy (non-hydrogen) atoms. The average molecular weight is 255 g/mol. The number of aryl methyl sites for hydroxylation is 1. The fourth-order valence-corrected chi connectivity index (χ4v) is 2.55. The van der Waals surface area contributed by atoms with Crippen LogP contribution in [-0.2, 0) is 5.54 Å². The van der Waals surface area contributed by atoms with E-state index in [1.54, 1.807) is 12.3 Å². The molecule has 2 aromatic rings. The van der Waals surface area contributed by atoms with Crippen molar-refractivity contribution >= 4 is 24.0 Å². The highest BCUT2D eigenvalue weighted by Gasteiger charge is 2.28. The summed E-state index contributed by atoms with van der Waals surface area (Å²) in [5.41, 5.74) is 6.71. The van der Waals surface area contributed by atoms with Gasteiger partial charge in [-0.15, -0.1) is 0 Å². The molecule has 3 N–H and O–H groups in total. The maximum absolute atomic E-state index is 6.12. The summed E-state index contributed by atoms with van der Waals surface area (Å²) in [6, 6.07) is 0. The summed E-state index contributed by atoms with van der Waals surface area (Å²) in [7, 11) is 0. The lowest BCUT2D eigenvalue weighted by atomic mass is 9.94. The minimum atomic E-state index is -0.280. The Labute approximate surface area is 111 Å². The lowest BCUT2D eigenvalue weighted by Gasteiger charge is -2.27. The lowest BCUT2D eigenvalue weighted by Crippen LogP contribution is -2.39. The number of fused-ring (bicyclic) bond motifs is 1. The average Bonchev–Trinajstić information content (AvgIpc) is 2.90. The Balaban J connectivity index is 2.17. The second kappa shape index (κ2) is 3.85. The van der Waals surface area contributed by atoms with Crippen LogP contribution in [0.15, 0.2) is 12.8 Å². The first-order valence-corrected chi connectivity index (χ1v) is 6.25. The molecule has 98 valence electrons. The van der Waals surface area contributed by atoms with E-state index >= 15 is 0 Å². The van der Waals surface area contributed by atoms with Gasteiger partial charge in [0.1, 0.15) is 11.6 Å². The minimum Gasteiger partial charge on any atom is -0.383 e. The number of hydrogen-bond donors (Lipinski definition) is 2. The molecule has 2 aromatic heterocycles. The van der Waals surface area contributed by atoms with Crippen LogP contribution in [-0.4, -0.2) is 19.7 Å². The van der Waals surface area contributed by atoms with Crippen LogP contribution in [0.1, 0.15) is 24.7 Å². The predicted molar refractivity (Wildman–Crippen MR) is 76.5 cm³/mol. The molecule has 3 rings (SSSR count). The van der Waals surface area contributed by atoms with Gasteiger partial charge >= 0.3 is 0 Å². The molecule has 0 fully saturated rings. The summed E-state index contributed by atoms with van der Waals surface area (Å²) in [6.45, 7) is 7.81. The largest absolute Gasteiger partial charge is 0.383 e. The van der Waals surface area contributed by atoms with Crippen molar-refractivity contribution in [3.8, 4) is 0 Å². The quantitative estimate of drug-likeness (QED) is 0.821. The molecule has 2 heterocycles. The molecule has 0 saturated carbocycles. The second-order valence-electron chi connectivity index (χ2n) is 5.13. The van der Waals surface area contributed by atoms with E-state index < -0.39 is 0 Å². The molecule has 5 nitrogen and oxygen atoms in total. The zero-order valence-electron chi connectivity index (χ0n) is 11.1. The Hall–Kier alpha value is -2.30. The van der Waals surface area contributed by atoms with Crippen molar-refractivity contribution in [1.82, 2.24) is 19.7 Å². The van der Waals surface area contributed by atoms with Crippen molar-refractivity contribution in [2.75, 3.05) is 5.73 Å². The maximum atomic E-state index is 6.12. The standard InChI is InChI=1S/C14H17N5/c1-4-10-8-16-19(13(10)15)14(3)6-5-11-12(7-14)18-9(2)17-11/h4-5,7-8H,1,6,15H2,2-3H3,(H,17,18). The van der Waals surface area contributed by atoms with E-state index in [2.05, 4.69) is 40.7 Å². The molecular formula is C14H17N5. The summed E-state index contributed by atoms with van der Waals surface area (Å²) in [5.74, 6) is 1.56. The SMILES string of the molecule is C=Cc1cnn(C2(C)C=c3[nH]c(C)nc3=CC2)c1N. The van der Waals surface area contributed by atoms with Gasteiger partial charge < -0.3 is 10.7 Å². The third-order valence-electron chi connectivity index (χ3n) is 3.58. The van der Waals surface area contributed by atoms with Crippen molar-refractivity contribution < 1.29 is 0 Å². The molecule has 1 atom stereocenters. The minimum absolute atomic E-state index is 0.280. The van der Waals surface area contributed by atoms with Crippen LogP contribution in [0, 0.1) is 6.92 Å². The van der Waals surface area contributed by atoms with Gasteiger partial charge in [-0.05, 0) is 26.3 Å². The summed E-state index contributed by atoms with van der Waals surface area (Å²) in [5, 5.41) is 6.43. The molecule has 0 bridgehead atoms. The van der Waals surface area contributed by atoms with Gasteiger partial charge in [0.05, 0.1) is 22.4 Å². The van der Waals surface area contributed by atoms with Crippen LogP contribution >= 0.6 is 0 Å². The van der Waals surface area contributed by atoms with E-state index in [0.717, 1.165) is 28.5 Å². The van der Waals surface area contributed by atoms with Crippen LogP contribution in [0.4, 0.5) is 5.82 Å².